The van der Waals surface area contributed by atoms with Gasteiger partial charge in [0.05, 0.1) is 6.20 Å². The maximum absolute atomic E-state index is 6.09. The highest BCUT2D eigenvalue weighted by molar-refractivity contribution is 6.30. The summed E-state index contributed by atoms with van der Waals surface area (Å²) in [7, 11) is 0. The minimum absolute atomic E-state index is 0.558. The summed E-state index contributed by atoms with van der Waals surface area (Å²) < 4.78 is 1.83. The van der Waals surface area contributed by atoms with Gasteiger partial charge in [0.1, 0.15) is 5.15 Å². The summed E-state index contributed by atoms with van der Waals surface area (Å²) >= 11 is 6.09. The van der Waals surface area contributed by atoms with E-state index in [1.54, 1.807) is 6.20 Å². The maximum atomic E-state index is 6.09. The second kappa shape index (κ2) is 4.63. The highest BCUT2D eigenvalue weighted by atomic mass is 35.5. The van der Waals surface area contributed by atoms with Crippen LogP contribution in [-0.2, 0) is 13.0 Å². The van der Waals surface area contributed by atoms with Gasteiger partial charge in [0.2, 0.25) is 0 Å². The first-order valence-corrected chi connectivity index (χ1v) is 4.93. The summed E-state index contributed by atoms with van der Waals surface area (Å²) in [6, 6.07) is 0. The van der Waals surface area contributed by atoms with E-state index in [0.29, 0.717) is 12.5 Å². The van der Waals surface area contributed by atoms with Crippen LogP contribution in [0.5, 0.6) is 0 Å². The van der Waals surface area contributed by atoms with Gasteiger partial charge in [-0.25, -0.2) is 0 Å². The van der Waals surface area contributed by atoms with Crippen molar-refractivity contribution in [1.82, 2.24) is 9.78 Å². The molecule has 0 unspecified atom stereocenters. The van der Waals surface area contributed by atoms with Gasteiger partial charge < -0.3 is 5.73 Å². The molecular weight excluding hydrogens is 186 g/mol. The van der Waals surface area contributed by atoms with Gasteiger partial charge in [-0.2, -0.15) is 5.10 Å². The second-order valence-corrected chi connectivity index (χ2v) is 3.93. The lowest BCUT2D eigenvalue weighted by Gasteiger charge is -2.06. The number of hydrogen-bond acceptors (Lipinski definition) is 2. The molecule has 1 heterocycles. The monoisotopic (exact) mass is 201 g/mol. The maximum Gasteiger partial charge on any atom is 0.130 e. The lowest BCUT2D eigenvalue weighted by atomic mass is 10.2. The topological polar surface area (TPSA) is 43.8 Å². The van der Waals surface area contributed by atoms with E-state index in [4.69, 9.17) is 17.3 Å². The van der Waals surface area contributed by atoms with Crippen molar-refractivity contribution in [3.8, 4) is 0 Å². The van der Waals surface area contributed by atoms with Gasteiger partial charge in [0.25, 0.3) is 0 Å². The van der Waals surface area contributed by atoms with Crippen LogP contribution >= 0.6 is 11.6 Å². The summed E-state index contributed by atoms with van der Waals surface area (Å²) in [6.45, 7) is 5.76. The van der Waals surface area contributed by atoms with Crippen molar-refractivity contribution >= 4 is 11.6 Å². The lowest BCUT2D eigenvalue weighted by Crippen LogP contribution is -2.07. The van der Waals surface area contributed by atoms with Gasteiger partial charge in [-0.05, 0) is 18.9 Å². The van der Waals surface area contributed by atoms with Crippen LogP contribution in [0, 0.1) is 5.92 Å². The molecule has 0 amide bonds. The smallest absolute Gasteiger partial charge is 0.130 e. The molecule has 2 N–H and O–H groups in total. The number of nitrogens with zero attached hydrogens (tertiary/aromatic N) is 2. The summed E-state index contributed by atoms with van der Waals surface area (Å²) in [5.74, 6) is 0.558. The summed E-state index contributed by atoms with van der Waals surface area (Å²) in [6.07, 6.45) is 2.61. The average Bonchev–Trinajstić information content (AvgIpc) is 2.36. The third kappa shape index (κ3) is 2.71. The van der Waals surface area contributed by atoms with Crippen LogP contribution in [0.25, 0.3) is 0 Å². The van der Waals surface area contributed by atoms with Crippen LogP contribution < -0.4 is 5.73 Å². The SMILES string of the molecule is CC(C)Cn1ncc(CCN)c1Cl. The van der Waals surface area contributed by atoms with Crippen LogP contribution in [0.3, 0.4) is 0 Å². The molecule has 0 fully saturated rings. The quantitative estimate of drug-likeness (QED) is 0.806. The number of aromatic nitrogens is 2. The van der Waals surface area contributed by atoms with Gasteiger partial charge in [-0.1, -0.05) is 25.4 Å². The molecule has 74 valence electrons. The Kier molecular flexibility index (Phi) is 3.75. The standard InChI is InChI=1S/C9H16ClN3/c1-7(2)6-13-9(10)8(3-4-11)5-12-13/h5,7H,3-4,6,11H2,1-2H3. The number of rotatable bonds is 4. The molecule has 4 heteroatoms. The molecule has 0 saturated heterocycles. The Balaban J connectivity index is 2.74. The van der Waals surface area contributed by atoms with Crippen LogP contribution in [0.2, 0.25) is 5.15 Å². The van der Waals surface area contributed by atoms with Crippen molar-refractivity contribution in [3.63, 3.8) is 0 Å². The molecule has 0 aliphatic heterocycles. The van der Waals surface area contributed by atoms with Crippen LogP contribution in [-0.4, -0.2) is 16.3 Å². The van der Waals surface area contributed by atoms with Gasteiger partial charge >= 0.3 is 0 Å². The first-order valence-electron chi connectivity index (χ1n) is 4.55. The van der Waals surface area contributed by atoms with E-state index in [0.717, 1.165) is 23.7 Å². The van der Waals surface area contributed by atoms with Crippen molar-refractivity contribution in [2.24, 2.45) is 11.7 Å². The molecule has 0 spiro atoms. The fourth-order valence-corrected chi connectivity index (χ4v) is 1.46. The highest BCUT2D eigenvalue weighted by Crippen LogP contribution is 2.16. The van der Waals surface area contributed by atoms with E-state index in [1.165, 1.54) is 0 Å². The largest absolute Gasteiger partial charge is 0.330 e. The Hall–Kier alpha value is -0.540. The van der Waals surface area contributed by atoms with E-state index < -0.39 is 0 Å². The zero-order valence-electron chi connectivity index (χ0n) is 8.13. The Morgan fingerprint density at radius 1 is 1.62 bits per heavy atom. The molecule has 0 bridgehead atoms. The molecule has 0 aliphatic carbocycles. The van der Waals surface area contributed by atoms with E-state index in [2.05, 4.69) is 18.9 Å². The van der Waals surface area contributed by atoms with Crippen LogP contribution in [0.15, 0.2) is 6.20 Å². The Bertz CT molecular complexity index is 268. The molecule has 0 radical (unpaired) electrons. The van der Waals surface area contributed by atoms with Crippen molar-refractivity contribution in [2.45, 2.75) is 26.8 Å². The van der Waals surface area contributed by atoms with Gasteiger partial charge in [0, 0.05) is 12.1 Å². The van der Waals surface area contributed by atoms with Crippen LogP contribution in [0.4, 0.5) is 0 Å². The third-order valence-electron chi connectivity index (χ3n) is 1.80. The van der Waals surface area contributed by atoms with Crippen LogP contribution in [0.1, 0.15) is 19.4 Å². The van der Waals surface area contributed by atoms with Gasteiger partial charge in [0.15, 0.2) is 0 Å². The highest BCUT2D eigenvalue weighted by Gasteiger charge is 2.08. The predicted octanol–water partition coefficient (Wildman–Crippen LogP) is 1.69. The summed E-state index contributed by atoms with van der Waals surface area (Å²) in [5, 5.41) is 4.94. The van der Waals surface area contributed by atoms with Gasteiger partial charge in [-0.15, -0.1) is 0 Å². The third-order valence-corrected chi connectivity index (χ3v) is 2.23. The lowest BCUT2D eigenvalue weighted by molar-refractivity contribution is 0.483. The second-order valence-electron chi connectivity index (χ2n) is 3.58. The molecule has 3 nitrogen and oxygen atoms in total. The molecule has 0 atom stereocenters. The first-order chi connectivity index (χ1) is 6.15. The fraction of sp³-hybridized carbons (Fsp3) is 0.667. The summed E-state index contributed by atoms with van der Waals surface area (Å²) in [4.78, 5) is 0. The fourth-order valence-electron chi connectivity index (χ4n) is 1.21. The molecule has 1 aromatic heterocycles. The van der Waals surface area contributed by atoms with E-state index in [1.807, 2.05) is 4.68 Å². The predicted molar refractivity (Wildman–Crippen MR) is 54.8 cm³/mol. The molecule has 0 aromatic carbocycles. The normalized spacial score (nSPS) is 11.2. The van der Waals surface area contributed by atoms with Crippen molar-refractivity contribution < 1.29 is 0 Å². The molecule has 0 aliphatic rings. The van der Waals surface area contributed by atoms with E-state index >= 15 is 0 Å². The average molecular weight is 202 g/mol. The minimum Gasteiger partial charge on any atom is -0.330 e. The first kappa shape index (κ1) is 10.5. The Labute approximate surface area is 83.9 Å². The van der Waals surface area contributed by atoms with E-state index in [9.17, 15) is 0 Å². The van der Waals surface area contributed by atoms with Crippen molar-refractivity contribution in [3.05, 3.63) is 16.9 Å². The molecular formula is C9H16ClN3. The number of nitrogens with two attached hydrogens (primary N) is 1. The van der Waals surface area contributed by atoms with E-state index in [-0.39, 0.29) is 0 Å². The molecule has 0 saturated carbocycles. The molecule has 1 rings (SSSR count). The zero-order chi connectivity index (χ0) is 9.84. The summed E-state index contributed by atoms with van der Waals surface area (Å²) in [5.41, 5.74) is 6.49. The Morgan fingerprint density at radius 2 is 2.31 bits per heavy atom. The van der Waals surface area contributed by atoms with Crippen molar-refractivity contribution in [1.29, 1.82) is 0 Å². The number of hydrogen-bond donors (Lipinski definition) is 1. The molecule has 13 heavy (non-hydrogen) atoms. The molecule has 1 aromatic rings. The number of halogens is 1. The van der Waals surface area contributed by atoms with Gasteiger partial charge in [-0.3, -0.25) is 4.68 Å². The minimum atomic E-state index is 0.558. The Morgan fingerprint density at radius 3 is 2.85 bits per heavy atom. The van der Waals surface area contributed by atoms with Crippen molar-refractivity contribution in [2.75, 3.05) is 6.54 Å². The zero-order valence-corrected chi connectivity index (χ0v) is 8.88.